The molecule has 0 aromatic rings. The topological polar surface area (TPSA) is 109 Å². The third-order valence-electron chi connectivity index (χ3n) is 4.82. The average Bonchev–Trinajstić information content (AvgIpc) is 2.62. The fourth-order valence-electron chi connectivity index (χ4n) is 3.11. The summed E-state index contributed by atoms with van der Waals surface area (Å²) in [4.78, 5) is 33.6. The molecular weight excluding hydrogens is 367 g/mol. The summed E-state index contributed by atoms with van der Waals surface area (Å²) in [7, 11) is 0. The summed E-state index contributed by atoms with van der Waals surface area (Å²) in [6, 6.07) is -1.04. The van der Waals surface area contributed by atoms with E-state index in [1.807, 2.05) is 0 Å². The molecule has 7 heteroatoms. The summed E-state index contributed by atoms with van der Waals surface area (Å²) in [6.07, 6.45) is 16.4. The van der Waals surface area contributed by atoms with Gasteiger partial charge in [-0.2, -0.15) is 0 Å². The summed E-state index contributed by atoms with van der Waals surface area (Å²) in [5, 5.41) is 11.5. The second-order valence-electron chi connectivity index (χ2n) is 7.46. The van der Waals surface area contributed by atoms with Crippen LogP contribution >= 0.6 is 0 Å². The number of nitrogens with two attached hydrogens (primary N) is 1. The molecule has 0 rings (SSSR count). The zero-order valence-corrected chi connectivity index (χ0v) is 20.1. The van der Waals surface area contributed by atoms with E-state index in [4.69, 9.17) is 10.8 Å². The number of carboxylic acids is 1. The number of rotatable bonds is 19. The van der Waals surface area contributed by atoms with Crippen LogP contribution in [0, 0.1) is 0 Å². The summed E-state index contributed by atoms with van der Waals surface area (Å²) in [5.41, 5.74) is 5.02. The van der Waals surface area contributed by atoms with Crippen molar-refractivity contribution < 1.29 is 50.5 Å². The van der Waals surface area contributed by atoms with Crippen molar-refractivity contribution in [1.82, 2.24) is 5.32 Å². The van der Waals surface area contributed by atoms with Crippen LogP contribution in [0.1, 0.15) is 111 Å². The number of primary amides is 1. The van der Waals surface area contributed by atoms with Gasteiger partial charge >= 0.3 is 35.5 Å². The van der Waals surface area contributed by atoms with E-state index in [2.05, 4.69) is 12.2 Å². The van der Waals surface area contributed by atoms with Gasteiger partial charge < -0.3 is 17.6 Å². The maximum Gasteiger partial charge on any atom is 1.00 e. The first-order valence-electron chi connectivity index (χ1n) is 10.8. The number of carboxylic acid groups (broad SMARTS) is 1. The summed E-state index contributed by atoms with van der Waals surface area (Å²) in [6.45, 7) is 2.24. The number of amides is 2. The van der Waals surface area contributed by atoms with Crippen molar-refractivity contribution in [2.75, 3.05) is 0 Å². The number of carbonyl (C=O) groups excluding carboxylic acids is 2. The fraction of sp³-hybridized carbons (Fsp3) is 0.857. The van der Waals surface area contributed by atoms with Crippen LogP contribution in [0.25, 0.3) is 0 Å². The molecule has 0 aromatic heterocycles. The van der Waals surface area contributed by atoms with Gasteiger partial charge in [0.25, 0.3) is 0 Å². The maximum atomic E-state index is 11.8. The number of unbranched alkanes of at least 4 members (excludes halogenated alkanes) is 12. The molecule has 0 aliphatic heterocycles. The van der Waals surface area contributed by atoms with E-state index in [9.17, 15) is 14.4 Å². The van der Waals surface area contributed by atoms with Crippen molar-refractivity contribution in [1.29, 1.82) is 0 Å². The Bertz CT molecular complexity index is 425. The molecule has 0 aliphatic carbocycles. The molecule has 28 heavy (non-hydrogen) atoms. The van der Waals surface area contributed by atoms with E-state index < -0.39 is 17.9 Å². The van der Waals surface area contributed by atoms with E-state index in [0.29, 0.717) is 6.42 Å². The number of aliphatic carboxylic acids is 1. The van der Waals surface area contributed by atoms with Gasteiger partial charge in [-0.1, -0.05) is 84.0 Å². The third-order valence-corrected chi connectivity index (χ3v) is 4.82. The molecule has 1 atom stereocenters. The van der Waals surface area contributed by atoms with Crippen LogP contribution in [0.3, 0.4) is 0 Å². The smallest absolute Gasteiger partial charge is 1.00 e. The van der Waals surface area contributed by atoms with Gasteiger partial charge in [-0.3, -0.25) is 9.59 Å². The third kappa shape index (κ3) is 20.2. The molecule has 0 spiro atoms. The Morgan fingerprint density at radius 2 is 1.25 bits per heavy atom. The van der Waals surface area contributed by atoms with E-state index in [1.54, 1.807) is 0 Å². The SMILES string of the molecule is CCCCCCCCCCCCCCCC(=O)N[C@@H](CCC(N)=O)C(=O)O.[H-].[Na+]. The van der Waals surface area contributed by atoms with Gasteiger partial charge in [-0.05, 0) is 12.8 Å². The minimum Gasteiger partial charge on any atom is -1.00 e. The molecule has 0 heterocycles. The van der Waals surface area contributed by atoms with Crippen molar-refractivity contribution in [3.8, 4) is 0 Å². The van der Waals surface area contributed by atoms with Crippen LogP contribution in [0.4, 0.5) is 0 Å². The van der Waals surface area contributed by atoms with Crippen LogP contribution in [0.2, 0.25) is 0 Å². The van der Waals surface area contributed by atoms with Gasteiger partial charge in [-0.15, -0.1) is 0 Å². The summed E-state index contributed by atoms with van der Waals surface area (Å²) >= 11 is 0. The molecule has 0 aliphatic rings. The van der Waals surface area contributed by atoms with Crippen LogP contribution in [0.5, 0.6) is 0 Å². The fourth-order valence-corrected chi connectivity index (χ4v) is 3.11. The Labute approximate surface area is 194 Å². The van der Waals surface area contributed by atoms with Gasteiger partial charge in [0, 0.05) is 12.8 Å². The van der Waals surface area contributed by atoms with Crippen LogP contribution < -0.4 is 40.6 Å². The van der Waals surface area contributed by atoms with Gasteiger partial charge in [0.2, 0.25) is 11.8 Å². The number of hydrogen-bond donors (Lipinski definition) is 3. The maximum absolute atomic E-state index is 11.8. The Kier molecular flexibility index (Phi) is 22.3. The Morgan fingerprint density at radius 3 is 1.64 bits per heavy atom. The van der Waals surface area contributed by atoms with Crippen molar-refractivity contribution >= 4 is 17.8 Å². The van der Waals surface area contributed by atoms with Gasteiger partial charge in [0.15, 0.2) is 0 Å². The number of nitrogens with one attached hydrogen (secondary N) is 1. The van der Waals surface area contributed by atoms with E-state index >= 15 is 0 Å². The second kappa shape index (κ2) is 21.1. The Morgan fingerprint density at radius 1 is 0.821 bits per heavy atom. The van der Waals surface area contributed by atoms with Crippen molar-refractivity contribution in [2.24, 2.45) is 5.73 Å². The largest absolute Gasteiger partial charge is 1.00 e. The normalized spacial score (nSPS) is 11.5. The summed E-state index contributed by atoms with van der Waals surface area (Å²) in [5.74, 6) is -1.96. The van der Waals surface area contributed by atoms with Crippen LogP contribution in [0.15, 0.2) is 0 Å². The minimum atomic E-state index is -1.13. The Hall–Kier alpha value is -0.590. The quantitative estimate of drug-likeness (QED) is 0.222. The molecule has 160 valence electrons. The molecule has 0 radical (unpaired) electrons. The molecule has 0 saturated heterocycles. The van der Waals surface area contributed by atoms with Crippen molar-refractivity contribution in [3.05, 3.63) is 0 Å². The average molecular weight is 409 g/mol. The van der Waals surface area contributed by atoms with Crippen LogP contribution in [-0.2, 0) is 14.4 Å². The second-order valence-corrected chi connectivity index (χ2v) is 7.46. The van der Waals surface area contributed by atoms with E-state index in [-0.39, 0.29) is 49.7 Å². The monoisotopic (exact) mass is 408 g/mol. The van der Waals surface area contributed by atoms with Gasteiger partial charge in [-0.25, -0.2) is 4.79 Å². The molecule has 0 saturated carbocycles. The standard InChI is InChI=1S/C21H40N2O4.Na.H/c1-2-3-4-5-6-7-8-9-10-11-12-13-14-15-20(25)23-18(21(26)27)16-17-19(22)24;;/h18H,2-17H2,1H3,(H2,22,24)(H,23,25)(H,26,27);;/q;+1;-1/t18-;;/m0../s1. The molecule has 6 nitrogen and oxygen atoms in total. The number of hydrogen-bond acceptors (Lipinski definition) is 3. The van der Waals surface area contributed by atoms with Gasteiger partial charge in [0.05, 0.1) is 0 Å². The first kappa shape index (κ1) is 29.6. The molecule has 0 unspecified atom stereocenters. The van der Waals surface area contributed by atoms with E-state index in [0.717, 1.165) is 19.3 Å². The predicted molar refractivity (Wildman–Crippen MR) is 109 cm³/mol. The molecule has 0 bridgehead atoms. The number of carbonyl (C=O) groups is 3. The Balaban J connectivity index is -0.00000338. The van der Waals surface area contributed by atoms with Crippen LogP contribution in [-0.4, -0.2) is 28.9 Å². The minimum absolute atomic E-state index is 0. The first-order chi connectivity index (χ1) is 13.0. The van der Waals surface area contributed by atoms with Crippen molar-refractivity contribution in [2.45, 2.75) is 116 Å². The predicted octanol–water partition coefficient (Wildman–Crippen LogP) is 1.42. The van der Waals surface area contributed by atoms with Gasteiger partial charge in [0.1, 0.15) is 6.04 Å². The van der Waals surface area contributed by atoms with E-state index in [1.165, 1.54) is 64.2 Å². The molecular formula is C21H41N2NaO4. The van der Waals surface area contributed by atoms with Crippen molar-refractivity contribution in [3.63, 3.8) is 0 Å². The molecule has 4 N–H and O–H groups in total. The molecule has 0 aromatic carbocycles. The first-order valence-corrected chi connectivity index (χ1v) is 10.8. The molecule has 0 fully saturated rings. The molecule has 2 amide bonds. The zero-order valence-electron chi connectivity index (χ0n) is 19.1. The summed E-state index contributed by atoms with van der Waals surface area (Å²) < 4.78 is 0. The zero-order chi connectivity index (χ0) is 20.3.